The first-order valence-corrected chi connectivity index (χ1v) is 8.21. The zero-order valence-corrected chi connectivity index (χ0v) is 14.1. The molecule has 2 aromatic rings. The van der Waals surface area contributed by atoms with Crippen molar-refractivity contribution < 1.29 is 27.4 Å². The molecular weight excluding hydrogens is 347 g/mol. The summed E-state index contributed by atoms with van der Waals surface area (Å²) < 4.78 is 45.7. The number of hydrogen-bond donors (Lipinski definition) is 1. The quantitative estimate of drug-likeness (QED) is 0.875. The van der Waals surface area contributed by atoms with E-state index in [-0.39, 0.29) is 23.3 Å². The summed E-state index contributed by atoms with van der Waals surface area (Å²) in [5.41, 5.74) is 2.53. The van der Waals surface area contributed by atoms with E-state index < -0.39 is 6.36 Å². The standard InChI is InChI=1S/C19H18F3NO3/c1-12(10-13-2-7-17-15(11-13)8-9-25-17)23-18(24)14-3-5-16(6-4-14)26-19(20,21)22/h2-7,11-12H,8-10H2,1H3,(H,23,24)/t12-/m1/s1. The van der Waals surface area contributed by atoms with Crippen LogP contribution >= 0.6 is 0 Å². The predicted octanol–water partition coefficient (Wildman–Crippen LogP) is 3.88. The highest BCUT2D eigenvalue weighted by Crippen LogP contribution is 2.26. The molecule has 0 aromatic heterocycles. The van der Waals surface area contributed by atoms with Crippen LogP contribution in [0.5, 0.6) is 11.5 Å². The van der Waals surface area contributed by atoms with Gasteiger partial charge in [0.2, 0.25) is 0 Å². The first-order valence-electron chi connectivity index (χ1n) is 8.21. The Kier molecular flexibility index (Phi) is 5.06. The maximum Gasteiger partial charge on any atom is 0.573 e. The van der Waals surface area contributed by atoms with Gasteiger partial charge in [0.1, 0.15) is 11.5 Å². The summed E-state index contributed by atoms with van der Waals surface area (Å²) in [6.45, 7) is 2.57. The van der Waals surface area contributed by atoms with Crippen LogP contribution < -0.4 is 14.8 Å². The van der Waals surface area contributed by atoms with Gasteiger partial charge in [-0.15, -0.1) is 13.2 Å². The van der Waals surface area contributed by atoms with Crippen LogP contribution in [-0.2, 0) is 12.8 Å². The Labute approximate surface area is 148 Å². The van der Waals surface area contributed by atoms with Crippen molar-refractivity contribution in [3.05, 3.63) is 59.2 Å². The average Bonchev–Trinajstić information content (AvgIpc) is 3.01. The number of carbonyl (C=O) groups excluding carboxylic acids is 1. The second-order valence-corrected chi connectivity index (χ2v) is 6.19. The van der Waals surface area contributed by atoms with Crippen LogP contribution in [0.2, 0.25) is 0 Å². The zero-order valence-electron chi connectivity index (χ0n) is 14.1. The van der Waals surface area contributed by atoms with E-state index >= 15 is 0 Å². The first-order chi connectivity index (χ1) is 12.3. The fourth-order valence-electron chi connectivity index (χ4n) is 2.89. The van der Waals surface area contributed by atoms with Crippen LogP contribution in [0.1, 0.15) is 28.4 Å². The molecule has 4 nitrogen and oxygen atoms in total. The maximum absolute atomic E-state index is 12.2. The smallest absolute Gasteiger partial charge is 0.493 e. The van der Waals surface area contributed by atoms with Gasteiger partial charge in [-0.2, -0.15) is 0 Å². The lowest BCUT2D eigenvalue weighted by Gasteiger charge is -2.15. The van der Waals surface area contributed by atoms with Crippen molar-refractivity contribution in [3.63, 3.8) is 0 Å². The Morgan fingerprint density at radius 3 is 2.65 bits per heavy atom. The minimum absolute atomic E-state index is 0.131. The van der Waals surface area contributed by atoms with E-state index in [4.69, 9.17) is 4.74 Å². The molecule has 138 valence electrons. The highest BCUT2D eigenvalue weighted by Gasteiger charge is 2.31. The number of amides is 1. The van der Waals surface area contributed by atoms with Crippen LogP contribution in [0.4, 0.5) is 13.2 Å². The zero-order chi connectivity index (χ0) is 18.7. The fourth-order valence-corrected chi connectivity index (χ4v) is 2.89. The third kappa shape index (κ3) is 4.68. The maximum atomic E-state index is 12.2. The summed E-state index contributed by atoms with van der Waals surface area (Å²) in [6.07, 6.45) is -3.22. The molecule has 1 amide bonds. The second kappa shape index (κ2) is 7.27. The molecule has 3 rings (SSSR count). The highest BCUT2D eigenvalue weighted by atomic mass is 19.4. The number of ether oxygens (including phenoxy) is 2. The highest BCUT2D eigenvalue weighted by molar-refractivity contribution is 5.94. The van der Waals surface area contributed by atoms with Gasteiger partial charge in [0, 0.05) is 18.0 Å². The largest absolute Gasteiger partial charge is 0.573 e. The van der Waals surface area contributed by atoms with Crippen molar-refractivity contribution >= 4 is 5.91 Å². The fraction of sp³-hybridized carbons (Fsp3) is 0.316. The molecule has 1 N–H and O–H groups in total. The van der Waals surface area contributed by atoms with E-state index in [2.05, 4.69) is 16.1 Å². The molecular formula is C19H18F3NO3. The normalized spacial score (nSPS) is 14.3. The van der Waals surface area contributed by atoms with Gasteiger partial charge in [-0.1, -0.05) is 12.1 Å². The summed E-state index contributed by atoms with van der Waals surface area (Å²) in [5, 5.41) is 2.85. The van der Waals surface area contributed by atoms with Crippen molar-refractivity contribution in [2.75, 3.05) is 6.61 Å². The molecule has 0 bridgehead atoms. The number of nitrogens with one attached hydrogen (secondary N) is 1. The summed E-state index contributed by atoms with van der Waals surface area (Å²) in [6, 6.07) is 10.7. The lowest BCUT2D eigenvalue weighted by molar-refractivity contribution is -0.274. The number of halogens is 3. The summed E-state index contributed by atoms with van der Waals surface area (Å²) >= 11 is 0. The van der Waals surface area contributed by atoms with E-state index in [0.29, 0.717) is 13.0 Å². The molecule has 0 saturated heterocycles. The molecule has 0 spiro atoms. The third-order valence-electron chi connectivity index (χ3n) is 4.02. The molecule has 0 saturated carbocycles. The molecule has 0 unspecified atom stereocenters. The molecule has 1 aliphatic heterocycles. The van der Waals surface area contributed by atoms with Gasteiger partial charge in [0.05, 0.1) is 6.61 Å². The summed E-state index contributed by atoms with van der Waals surface area (Å²) in [7, 11) is 0. The SMILES string of the molecule is C[C@H](Cc1ccc2c(c1)CCO2)NC(=O)c1ccc(OC(F)(F)F)cc1. The average molecular weight is 365 g/mol. The summed E-state index contributed by atoms with van der Waals surface area (Å²) in [4.78, 5) is 12.2. The number of rotatable bonds is 5. The van der Waals surface area contributed by atoms with Crippen molar-refractivity contribution in [2.45, 2.75) is 32.2 Å². The molecule has 1 atom stereocenters. The van der Waals surface area contributed by atoms with E-state index in [1.165, 1.54) is 17.7 Å². The number of carbonyl (C=O) groups is 1. The van der Waals surface area contributed by atoms with Gasteiger partial charge in [-0.25, -0.2) is 0 Å². The molecule has 1 heterocycles. The third-order valence-corrected chi connectivity index (χ3v) is 4.02. The van der Waals surface area contributed by atoms with Crippen LogP contribution in [0.3, 0.4) is 0 Å². The minimum atomic E-state index is -4.75. The van der Waals surface area contributed by atoms with Crippen molar-refractivity contribution in [3.8, 4) is 11.5 Å². The van der Waals surface area contributed by atoms with Crippen LogP contribution in [0.25, 0.3) is 0 Å². The number of fused-ring (bicyclic) bond motifs is 1. The molecule has 7 heteroatoms. The lowest BCUT2D eigenvalue weighted by atomic mass is 10.0. The Balaban J connectivity index is 1.57. The second-order valence-electron chi connectivity index (χ2n) is 6.19. The van der Waals surface area contributed by atoms with Crippen molar-refractivity contribution in [1.82, 2.24) is 5.32 Å². The molecule has 1 aliphatic rings. The van der Waals surface area contributed by atoms with E-state index in [9.17, 15) is 18.0 Å². The number of alkyl halides is 3. The Morgan fingerprint density at radius 1 is 1.23 bits per heavy atom. The van der Waals surface area contributed by atoms with Crippen LogP contribution in [0.15, 0.2) is 42.5 Å². The molecule has 0 radical (unpaired) electrons. The Morgan fingerprint density at radius 2 is 1.96 bits per heavy atom. The van der Waals surface area contributed by atoms with Crippen molar-refractivity contribution in [2.24, 2.45) is 0 Å². The van der Waals surface area contributed by atoms with E-state index in [1.54, 1.807) is 0 Å². The van der Waals surface area contributed by atoms with Crippen LogP contribution in [0, 0.1) is 0 Å². The van der Waals surface area contributed by atoms with Gasteiger partial charge >= 0.3 is 6.36 Å². The van der Waals surface area contributed by atoms with Gasteiger partial charge in [-0.05, 0) is 54.8 Å². The summed E-state index contributed by atoms with van der Waals surface area (Å²) in [5.74, 6) is 0.203. The Bertz CT molecular complexity index is 788. The van der Waals surface area contributed by atoms with E-state index in [0.717, 1.165) is 29.9 Å². The topological polar surface area (TPSA) is 47.6 Å². The minimum Gasteiger partial charge on any atom is -0.493 e. The lowest BCUT2D eigenvalue weighted by Crippen LogP contribution is -2.34. The van der Waals surface area contributed by atoms with E-state index in [1.807, 2.05) is 19.1 Å². The van der Waals surface area contributed by atoms with Gasteiger partial charge in [0.15, 0.2) is 0 Å². The molecule has 26 heavy (non-hydrogen) atoms. The molecule has 2 aromatic carbocycles. The van der Waals surface area contributed by atoms with Crippen molar-refractivity contribution in [1.29, 1.82) is 0 Å². The molecule has 0 aliphatic carbocycles. The Hall–Kier alpha value is -2.70. The monoisotopic (exact) mass is 365 g/mol. The van der Waals surface area contributed by atoms with Crippen LogP contribution in [-0.4, -0.2) is 24.9 Å². The number of hydrogen-bond acceptors (Lipinski definition) is 3. The van der Waals surface area contributed by atoms with Gasteiger partial charge in [-0.3, -0.25) is 4.79 Å². The van der Waals surface area contributed by atoms with Gasteiger partial charge < -0.3 is 14.8 Å². The first kappa shape index (κ1) is 18.1. The predicted molar refractivity (Wildman–Crippen MR) is 89.4 cm³/mol. The molecule has 0 fully saturated rings. The number of benzene rings is 2. The van der Waals surface area contributed by atoms with Gasteiger partial charge in [0.25, 0.3) is 5.91 Å².